The number of carbonyl (C=O) groups is 1. The van der Waals surface area contributed by atoms with Gasteiger partial charge in [0.2, 0.25) is 0 Å². The number of hydrogen-bond acceptors (Lipinski definition) is 3. The van der Waals surface area contributed by atoms with Crippen LogP contribution < -0.4 is 5.32 Å². The number of likely N-dealkylation sites (N-methyl/N-ethyl adjacent to an activating group) is 1. The first-order valence-electron chi connectivity index (χ1n) is 5.48. The number of Topliss-reactive ketones (excluding diaryl/α,β-unsaturated/α-hetero) is 1. The third kappa shape index (κ3) is 2.15. The Balaban J connectivity index is 2.29. The predicted octanol–water partition coefficient (Wildman–Crippen LogP) is 3.08. The second kappa shape index (κ2) is 4.76. The third-order valence-electron chi connectivity index (χ3n) is 2.57. The summed E-state index contributed by atoms with van der Waals surface area (Å²) >= 11 is 1.57. The number of ketones is 1. The topological polar surface area (TPSA) is 29.1 Å². The summed E-state index contributed by atoms with van der Waals surface area (Å²) in [5.74, 6) is 0.183. The molecule has 1 heterocycles. The minimum Gasteiger partial charge on any atom is -0.308 e. The molecule has 1 aromatic carbocycles. The monoisotopic (exact) mass is 233 g/mol. The standard InChI is InChI=1S/C13H15NOS/c1-3-14-9(2)13(15)12-8-10-6-4-5-7-11(10)16-12/h4-9,14H,3H2,1-2H3. The minimum atomic E-state index is -0.0990. The summed E-state index contributed by atoms with van der Waals surface area (Å²) in [5.41, 5.74) is 0. The van der Waals surface area contributed by atoms with Crippen molar-refractivity contribution in [2.24, 2.45) is 0 Å². The van der Waals surface area contributed by atoms with Gasteiger partial charge >= 0.3 is 0 Å². The molecule has 2 rings (SSSR count). The van der Waals surface area contributed by atoms with Gasteiger partial charge in [-0.15, -0.1) is 11.3 Å². The summed E-state index contributed by atoms with van der Waals surface area (Å²) in [7, 11) is 0. The van der Waals surface area contributed by atoms with E-state index in [4.69, 9.17) is 0 Å². The second-order valence-electron chi connectivity index (χ2n) is 3.79. The summed E-state index contributed by atoms with van der Waals surface area (Å²) in [6.07, 6.45) is 0. The van der Waals surface area contributed by atoms with E-state index in [1.165, 1.54) is 4.70 Å². The number of fused-ring (bicyclic) bond motifs is 1. The largest absolute Gasteiger partial charge is 0.308 e. The lowest BCUT2D eigenvalue weighted by molar-refractivity contribution is 0.0956. The molecule has 84 valence electrons. The van der Waals surface area contributed by atoms with Gasteiger partial charge < -0.3 is 5.32 Å². The number of rotatable bonds is 4. The number of hydrogen-bond donors (Lipinski definition) is 1. The summed E-state index contributed by atoms with van der Waals surface area (Å²) in [5, 5.41) is 4.30. The highest BCUT2D eigenvalue weighted by Crippen LogP contribution is 2.26. The summed E-state index contributed by atoms with van der Waals surface area (Å²) in [4.78, 5) is 12.9. The molecule has 0 saturated carbocycles. The Morgan fingerprint density at radius 3 is 2.88 bits per heavy atom. The molecule has 0 saturated heterocycles. The van der Waals surface area contributed by atoms with Gasteiger partial charge in [0.1, 0.15) is 0 Å². The summed E-state index contributed by atoms with van der Waals surface area (Å²) in [6.45, 7) is 4.74. The maximum Gasteiger partial charge on any atom is 0.189 e. The predicted molar refractivity (Wildman–Crippen MR) is 69.3 cm³/mol. The van der Waals surface area contributed by atoms with E-state index in [0.717, 1.165) is 16.8 Å². The Morgan fingerprint density at radius 2 is 2.19 bits per heavy atom. The molecule has 1 N–H and O–H groups in total. The molecule has 0 bridgehead atoms. The molecule has 0 aliphatic rings. The highest BCUT2D eigenvalue weighted by atomic mass is 32.1. The normalized spacial score (nSPS) is 12.9. The third-order valence-corrected chi connectivity index (χ3v) is 3.70. The quantitative estimate of drug-likeness (QED) is 0.822. The average Bonchev–Trinajstić information content (AvgIpc) is 2.71. The zero-order valence-electron chi connectivity index (χ0n) is 9.49. The first-order valence-corrected chi connectivity index (χ1v) is 6.30. The van der Waals surface area contributed by atoms with Crippen molar-refractivity contribution in [3.8, 4) is 0 Å². The van der Waals surface area contributed by atoms with Crippen LogP contribution in [0.5, 0.6) is 0 Å². The highest BCUT2D eigenvalue weighted by Gasteiger charge is 2.16. The van der Waals surface area contributed by atoms with Gasteiger partial charge in [-0.2, -0.15) is 0 Å². The molecule has 0 fully saturated rings. The van der Waals surface area contributed by atoms with Crippen LogP contribution in [0.15, 0.2) is 30.3 Å². The maximum absolute atomic E-state index is 12.1. The van der Waals surface area contributed by atoms with Crippen molar-refractivity contribution in [1.82, 2.24) is 5.32 Å². The molecule has 0 aliphatic heterocycles. The molecule has 1 atom stereocenters. The fraction of sp³-hybridized carbons (Fsp3) is 0.308. The second-order valence-corrected chi connectivity index (χ2v) is 4.88. The van der Waals surface area contributed by atoms with Crippen LogP contribution in [0.25, 0.3) is 10.1 Å². The van der Waals surface area contributed by atoms with E-state index in [-0.39, 0.29) is 11.8 Å². The van der Waals surface area contributed by atoms with E-state index in [0.29, 0.717) is 0 Å². The number of nitrogens with one attached hydrogen (secondary N) is 1. The van der Waals surface area contributed by atoms with Gasteiger partial charge in [-0.25, -0.2) is 0 Å². The number of thiophene rings is 1. The van der Waals surface area contributed by atoms with Crippen LogP contribution in [-0.2, 0) is 0 Å². The lowest BCUT2D eigenvalue weighted by Gasteiger charge is -2.08. The molecule has 3 heteroatoms. The first kappa shape index (κ1) is 11.3. The fourth-order valence-electron chi connectivity index (χ4n) is 1.72. The fourth-order valence-corrected chi connectivity index (χ4v) is 2.81. The van der Waals surface area contributed by atoms with E-state index < -0.39 is 0 Å². The summed E-state index contributed by atoms with van der Waals surface area (Å²) in [6, 6.07) is 9.97. The molecule has 16 heavy (non-hydrogen) atoms. The molecule has 0 spiro atoms. The van der Waals surface area contributed by atoms with Gasteiger partial charge in [-0.05, 0) is 31.0 Å². The molecule has 2 aromatic rings. The van der Waals surface area contributed by atoms with Crippen molar-refractivity contribution < 1.29 is 4.79 Å². The lowest BCUT2D eigenvalue weighted by atomic mass is 10.1. The molecule has 1 aromatic heterocycles. The number of benzene rings is 1. The molecule has 2 nitrogen and oxygen atoms in total. The van der Waals surface area contributed by atoms with Gasteiger partial charge in [0.15, 0.2) is 5.78 Å². The van der Waals surface area contributed by atoms with Crippen molar-refractivity contribution in [3.05, 3.63) is 35.2 Å². The van der Waals surface area contributed by atoms with Crippen LogP contribution in [-0.4, -0.2) is 18.4 Å². The van der Waals surface area contributed by atoms with E-state index in [9.17, 15) is 4.79 Å². The Kier molecular flexibility index (Phi) is 3.36. The Hall–Kier alpha value is -1.19. The first-order chi connectivity index (χ1) is 7.72. The van der Waals surface area contributed by atoms with Crippen LogP contribution in [0.3, 0.4) is 0 Å². The van der Waals surface area contributed by atoms with E-state index in [2.05, 4.69) is 11.4 Å². The zero-order valence-corrected chi connectivity index (χ0v) is 10.3. The van der Waals surface area contributed by atoms with Crippen molar-refractivity contribution >= 4 is 27.2 Å². The van der Waals surface area contributed by atoms with Crippen LogP contribution in [0.4, 0.5) is 0 Å². The average molecular weight is 233 g/mol. The number of carbonyl (C=O) groups excluding carboxylic acids is 1. The van der Waals surface area contributed by atoms with E-state index >= 15 is 0 Å². The summed E-state index contributed by atoms with van der Waals surface area (Å²) < 4.78 is 1.18. The smallest absolute Gasteiger partial charge is 0.189 e. The van der Waals surface area contributed by atoms with Crippen LogP contribution in [0, 0.1) is 0 Å². The van der Waals surface area contributed by atoms with Gasteiger partial charge in [0.25, 0.3) is 0 Å². The Labute approximate surface area is 99.3 Å². The SMILES string of the molecule is CCNC(C)C(=O)c1cc2ccccc2s1. The van der Waals surface area contributed by atoms with Gasteiger partial charge in [-0.1, -0.05) is 25.1 Å². The van der Waals surface area contributed by atoms with E-state index in [1.807, 2.05) is 38.1 Å². The maximum atomic E-state index is 12.1. The van der Waals surface area contributed by atoms with Gasteiger partial charge in [0.05, 0.1) is 10.9 Å². The van der Waals surface area contributed by atoms with Gasteiger partial charge in [0, 0.05) is 4.70 Å². The molecule has 0 amide bonds. The molecular formula is C13H15NOS. The zero-order chi connectivity index (χ0) is 11.5. The molecular weight excluding hydrogens is 218 g/mol. The molecule has 1 unspecified atom stereocenters. The van der Waals surface area contributed by atoms with Crippen LogP contribution in [0.1, 0.15) is 23.5 Å². The van der Waals surface area contributed by atoms with Crippen LogP contribution in [0.2, 0.25) is 0 Å². The lowest BCUT2D eigenvalue weighted by Crippen LogP contribution is -2.33. The van der Waals surface area contributed by atoms with Crippen molar-refractivity contribution in [2.75, 3.05) is 6.54 Å². The minimum absolute atomic E-state index is 0.0990. The Morgan fingerprint density at radius 1 is 1.44 bits per heavy atom. The van der Waals surface area contributed by atoms with Crippen molar-refractivity contribution in [1.29, 1.82) is 0 Å². The van der Waals surface area contributed by atoms with E-state index in [1.54, 1.807) is 11.3 Å². The Bertz CT molecular complexity index is 470. The molecule has 0 aliphatic carbocycles. The van der Waals surface area contributed by atoms with Crippen molar-refractivity contribution in [2.45, 2.75) is 19.9 Å². The highest BCUT2D eigenvalue weighted by molar-refractivity contribution is 7.20. The van der Waals surface area contributed by atoms with Gasteiger partial charge in [-0.3, -0.25) is 4.79 Å². The van der Waals surface area contributed by atoms with Crippen molar-refractivity contribution in [3.63, 3.8) is 0 Å². The van der Waals surface area contributed by atoms with Crippen LogP contribution >= 0.6 is 11.3 Å². The molecule has 0 radical (unpaired) electrons.